The Labute approximate surface area is 107 Å². The summed E-state index contributed by atoms with van der Waals surface area (Å²) in [5, 5.41) is 4.67. The average Bonchev–Trinajstić information content (AvgIpc) is 2.89. The normalized spacial score (nSPS) is 24.5. The van der Waals surface area contributed by atoms with Gasteiger partial charge in [0.25, 0.3) is 0 Å². The first-order valence-corrected chi connectivity index (χ1v) is 7.42. The number of piperidine rings is 1. The van der Waals surface area contributed by atoms with Crippen LogP contribution in [0.15, 0.2) is 6.20 Å². The Bertz CT molecular complexity index is 382. The predicted octanol–water partition coefficient (Wildman–Crippen LogP) is 2.03. The molecule has 0 bridgehead atoms. The minimum atomic E-state index is 0.630. The van der Waals surface area contributed by atoms with E-state index in [-0.39, 0.29) is 0 Å². The Morgan fingerprint density at radius 3 is 2.94 bits per heavy atom. The molecule has 3 heterocycles. The summed E-state index contributed by atoms with van der Waals surface area (Å²) in [6, 6.07) is 0. The second-order valence-electron chi connectivity index (χ2n) is 5.56. The molecule has 17 heavy (non-hydrogen) atoms. The molecule has 0 amide bonds. The molecule has 4 heteroatoms. The Balaban J connectivity index is 1.60. The Morgan fingerprint density at radius 2 is 2.24 bits per heavy atom. The van der Waals surface area contributed by atoms with Crippen LogP contribution >= 0.6 is 11.3 Å². The lowest BCUT2D eigenvalue weighted by molar-refractivity contribution is 0.194. The van der Waals surface area contributed by atoms with Crippen molar-refractivity contribution in [1.29, 1.82) is 0 Å². The predicted molar refractivity (Wildman–Crippen MR) is 71.3 cm³/mol. The number of nitrogens with zero attached hydrogens (tertiary/aromatic N) is 2. The molecule has 1 N–H and O–H groups in total. The molecule has 2 aliphatic heterocycles. The molecular weight excluding hydrogens is 230 g/mol. The third kappa shape index (κ3) is 2.54. The van der Waals surface area contributed by atoms with Crippen molar-refractivity contribution in [3.63, 3.8) is 0 Å². The van der Waals surface area contributed by atoms with Crippen molar-refractivity contribution in [2.75, 3.05) is 26.2 Å². The maximum absolute atomic E-state index is 4.34. The van der Waals surface area contributed by atoms with E-state index in [0.717, 1.165) is 6.54 Å². The number of nitrogens with one attached hydrogen (secondary N) is 1. The molecule has 1 aromatic rings. The summed E-state index contributed by atoms with van der Waals surface area (Å²) in [5.74, 6) is 0. The smallest absolute Gasteiger partial charge is 0.0897 e. The molecule has 2 aliphatic rings. The molecule has 3 rings (SSSR count). The van der Waals surface area contributed by atoms with E-state index >= 15 is 0 Å². The summed E-state index contributed by atoms with van der Waals surface area (Å²) in [7, 11) is 0. The summed E-state index contributed by atoms with van der Waals surface area (Å²) >= 11 is 1.84. The molecule has 1 aromatic heterocycles. The summed E-state index contributed by atoms with van der Waals surface area (Å²) < 4.78 is 0. The van der Waals surface area contributed by atoms with Gasteiger partial charge in [0.05, 0.1) is 5.01 Å². The summed E-state index contributed by atoms with van der Waals surface area (Å²) in [5.41, 5.74) is 0.630. The summed E-state index contributed by atoms with van der Waals surface area (Å²) in [6.45, 7) is 8.21. The van der Waals surface area contributed by atoms with E-state index in [1.54, 1.807) is 0 Å². The number of likely N-dealkylation sites (tertiary alicyclic amines) is 1. The minimum Gasteiger partial charge on any atom is -0.317 e. The molecule has 0 aromatic carbocycles. The van der Waals surface area contributed by atoms with Gasteiger partial charge in [0, 0.05) is 24.2 Å². The van der Waals surface area contributed by atoms with Crippen molar-refractivity contribution >= 4 is 11.3 Å². The van der Waals surface area contributed by atoms with Crippen LogP contribution in [0.25, 0.3) is 0 Å². The zero-order valence-electron chi connectivity index (χ0n) is 10.5. The van der Waals surface area contributed by atoms with Crippen LogP contribution in [0.4, 0.5) is 0 Å². The van der Waals surface area contributed by atoms with Crippen molar-refractivity contribution in [1.82, 2.24) is 15.2 Å². The molecule has 0 radical (unpaired) electrons. The summed E-state index contributed by atoms with van der Waals surface area (Å²) in [6.07, 6.45) is 6.18. The third-order valence-electron chi connectivity index (χ3n) is 4.23. The molecule has 94 valence electrons. The largest absolute Gasteiger partial charge is 0.317 e. The Kier molecular flexibility index (Phi) is 3.19. The van der Waals surface area contributed by atoms with Gasteiger partial charge >= 0.3 is 0 Å². The first kappa shape index (κ1) is 11.6. The van der Waals surface area contributed by atoms with E-state index in [1.165, 1.54) is 55.3 Å². The molecule has 1 spiro atoms. The molecule has 3 nitrogen and oxygen atoms in total. The van der Waals surface area contributed by atoms with Gasteiger partial charge in [-0.15, -0.1) is 11.3 Å². The molecule has 0 unspecified atom stereocenters. The lowest BCUT2D eigenvalue weighted by atomic mass is 9.78. The topological polar surface area (TPSA) is 28.2 Å². The van der Waals surface area contributed by atoms with Crippen LogP contribution in [0.5, 0.6) is 0 Å². The van der Waals surface area contributed by atoms with Crippen LogP contribution < -0.4 is 5.32 Å². The highest BCUT2D eigenvalue weighted by Crippen LogP contribution is 2.39. The van der Waals surface area contributed by atoms with E-state index in [2.05, 4.69) is 22.1 Å². The lowest BCUT2D eigenvalue weighted by Crippen LogP contribution is -2.38. The van der Waals surface area contributed by atoms with Gasteiger partial charge in [-0.05, 0) is 51.2 Å². The molecule has 2 saturated heterocycles. The van der Waals surface area contributed by atoms with Gasteiger partial charge in [-0.25, -0.2) is 4.98 Å². The number of hydrogen-bond donors (Lipinski definition) is 1. The van der Waals surface area contributed by atoms with Gasteiger partial charge < -0.3 is 5.32 Å². The van der Waals surface area contributed by atoms with E-state index in [9.17, 15) is 0 Å². The monoisotopic (exact) mass is 251 g/mol. The van der Waals surface area contributed by atoms with Gasteiger partial charge in [0.1, 0.15) is 0 Å². The number of aromatic nitrogens is 1. The zero-order chi connectivity index (χ0) is 11.7. The Morgan fingerprint density at radius 1 is 1.41 bits per heavy atom. The zero-order valence-corrected chi connectivity index (χ0v) is 11.4. The maximum Gasteiger partial charge on any atom is 0.0897 e. The van der Waals surface area contributed by atoms with Crippen molar-refractivity contribution in [2.24, 2.45) is 5.41 Å². The van der Waals surface area contributed by atoms with Gasteiger partial charge in [0.15, 0.2) is 0 Å². The molecule has 2 fully saturated rings. The van der Waals surface area contributed by atoms with Crippen molar-refractivity contribution in [2.45, 2.75) is 32.7 Å². The van der Waals surface area contributed by atoms with Crippen LogP contribution in [0.2, 0.25) is 0 Å². The van der Waals surface area contributed by atoms with Crippen LogP contribution in [0.3, 0.4) is 0 Å². The molecule has 0 atom stereocenters. The fourth-order valence-corrected chi connectivity index (χ4v) is 4.06. The van der Waals surface area contributed by atoms with Gasteiger partial charge in [-0.3, -0.25) is 4.90 Å². The molecular formula is C13H21N3S. The van der Waals surface area contributed by atoms with Crippen LogP contribution in [0.1, 0.15) is 29.1 Å². The standard InChI is InChI=1S/C13H21N3S/c1-11-15-8-12(17-11)9-16-7-4-13(10-16)2-5-14-6-3-13/h8,14H,2-7,9-10H2,1H3. The van der Waals surface area contributed by atoms with E-state index < -0.39 is 0 Å². The fraction of sp³-hybridized carbons (Fsp3) is 0.769. The van der Waals surface area contributed by atoms with E-state index in [1.807, 2.05) is 17.5 Å². The summed E-state index contributed by atoms with van der Waals surface area (Å²) in [4.78, 5) is 8.39. The van der Waals surface area contributed by atoms with E-state index in [4.69, 9.17) is 0 Å². The Hall–Kier alpha value is -0.450. The van der Waals surface area contributed by atoms with Crippen LogP contribution in [-0.2, 0) is 6.54 Å². The number of aryl methyl sites for hydroxylation is 1. The minimum absolute atomic E-state index is 0.630. The fourth-order valence-electron chi connectivity index (χ4n) is 3.23. The SMILES string of the molecule is Cc1ncc(CN2CCC3(CCNCC3)C2)s1. The van der Waals surface area contributed by atoms with Gasteiger partial charge in [0.2, 0.25) is 0 Å². The number of rotatable bonds is 2. The van der Waals surface area contributed by atoms with E-state index in [0.29, 0.717) is 5.41 Å². The highest BCUT2D eigenvalue weighted by molar-refractivity contribution is 7.11. The number of hydrogen-bond acceptors (Lipinski definition) is 4. The molecule has 0 saturated carbocycles. The van der Waals surface area contributed by atoms with Crippen molar-refractivity contribution in [3.05, 3.63) is 16.1 Å². The highest BCUT2D eigenvalue weighted by Gasteiger charge is 2.38. The first-order chi connectivity index (χ1) is 8.26. The second-order valence-corrected chi connectivity index (χ2v) is 6.88. The third-order valence-corrected chi connectivity index (χ3v) is 5.13. The number of thiazole rings is 1. The quantitative estimate of drug-likeness (QED) is 0.872. The van der Waals surface area contributed by atoms with Crippen LogP contribution in [-0.4, -0.2) is 36.1 Å². The van der Waals surface area contributed by atoms with Crippen LogP contribution in [0, 0.1) is 12.3 Å². The lowest BCUT2D eigenvalue weighted by Gasteiger charge is -2.33. The highest BCUT2D eigenvalue weighted by atomic mass is 32.1. The average molecular weight is 251 g/mol. The van der Waals surface area contributed by atoms with Gasteiger partial charge in [-0.1, -0.05) is 0 Å². The van der Waals surface area contributed by atoms with Gasteiger partial charge in [-0.2, -0.15) is 0 Å². The van der Waals surface area contributed by atoms with Crippen molar-refractivity contribution in [3.8, 4) is 0 Å². The second kappa shape index (κ2) is 4.67. The van der Waals surface area contributed by atoms with Crippen molar-refractivity contribution < 1.29 is 0 Å². The maximum atomic E-state index is 4.34. The molecule has 0 aliphatic carbocycles. The first-order valence-electron chi connectivity index (χ1n) is 6.60.